The van der Waals surface area contributed by atoms with Crippen LogP contribution in [0, 0.1) is 0 Å². The van der Waals surface area contributed by atoms with E-state index in [2.05, 4.69) is 10.3 Å². The summed E-state index contributed by atoms with van der Waals surface area (Å²) in [5, 5.41) is 12.6. The number of thioether (sulfide) groups is 1. The Bertz CT molecular complexity index is 396. The Balaban J connectivity index is 2.69. The van der Waals surface area contributed by atoms with Gasteiger partial charge in [0.25, 0.3) is 0 Å². The molecule has 1 aromatic rings. The van der Waals surface area contributed by atoms with Crippen LogP contribution >= 0.6 is 11.8 Å². The van der Waals surface area contributed by atoms with Crippen molar-refractivity contribution in [3.8, 4) is 0 Å². The van der Waals surface area contributed by atoms with E-state index in [0.717, 1.165) is 18.3 Å². The number of aromatic nitrogens is 1. The number of hydrogen-bond donors (Lipinski definition) is 2. The molecule has 0 amide bonds. The lowest BCUT2D eigenvalue weighted by atomic mass is 10.1. The first-order valence-corrected chi connectivity index (χ1v) is 6.62. The van der Waals surface area contributed by atoms with Gasteiger partial charge in [-0.25, -0.2) is 4.98 Å². The smallest absolute Gasteiger partial charge is 0.387 e. The van der Waals surface area contributed by atoms with Crippen molar-refractivity contribution in [1.29, 1.82) is 0 Å². The Morgan fingerprint density at radius 2 is 2.11 bits per heavy atom. The van der Waals surface area contributed by atoms with E-state index in [1.807, 2.05) is 6.26 Å². The number of anilines is 1. The third-order valence-corrected chi connectivity index (χ3v) is 3.10. The summed E-state index contributed by atoms with van der Waals surface area (Å²) < 4.78 is 37.4. The summed E-state index contributed by atoms with van der Waals surface area (Å²) in [4.78, 5) is 3.79. The molecule has 0 aliphatic carbocycles. The summed E-state index contributed by atoms with van der Waals surface area (Å²) in [7, 11) is 0. The third kappa shape index (κ3) is 4.73. The SMILES string of the molecule is CSCC(C)(O)CNc1cc(C(F)(F)F)ccn1. The van der Waals surface area contributed by atoms with Crippen molar-refractivity contribution < 1.29 is 18.3 Å². The predicted molar refractivity (Wildman–Crippen MR) is 66.7 cm³/mol. The monoisotopic (exact) mass is 280 g/mol. The Kier molecular flexibility index (Phi) is 4.86. The second kappa shape index (κ2) is 5.79. The van der Waals surface area contributed by atoms with Gasteiger partial charge in [-0.3, -0.25) is 0 Å². The highest BCUT2D eigenvalue weighted by Gasteiger charge is 2.30. The first-order valence-electron chi connectivity index (χ1n) is 5.23. The van der Waals surface area contributed by atoms with Gasteiger partial charge in [0.15, 0.2) is 0 Å². The molecule has 0 aromatic carbocycles. The van der Waals surface area contributed by atoms with Crippen LogP contribution in [0.25, 0.3) is 0 Å². The van der Waals surface area contributed by atoms with Crippen LogP contribution < -0.4 is 5.32 Å². The van der Waals surface area contributed by atoms with Crippen LogP contribution in [0.3, 0.4) is 0 Å². The van der Waals surface area contributed by atoms with Crippen LogP contribution in [0.1, 0.15) is 12.5 Å². The van der Waals surface area contributed by atoms with Crippen molar-refractivity contribution in [3.63, 3.8) is 0 Å². The molecule has 3 nitrogen and oxygen atoms in total. The van der Waals surface area contributed by atoms with E-state index in [9.17, 15) is 18.3 Å². The summed E-state index contributed by atoms with van der Waals surface area (Å²) in [6.07, 6.45) is -1.45. The molecule has 0 aliphatic heterocycles. The van der Waals surface area contributed by atoms with Gasteiger partial charge in [-0.05, 0) is 25.3 Å². The zero-order valence-corrected chi connectivity index (χ0v) is 10.9. The highest BCUT2D eigenvalue weighted by Crippen LogP contribution is 2.29. The molecule has 0 aliphatic rings. The van der Waals surface area contributed by atoms with Crippen molar-refractivity contribution in [2.75, 3.05) is 23.9 Å². The number of rotatable bonds is 5. The lowest BCUT2D eigenvalue weighted by Gasteiger charge is -2.23. The fraction of sp³-hybridized carbons (Fsp3) is 0.545. The van der Waals surface area contributed by atoms with Gasteiger partial charge in [0, 0.05) is 18.5 Å². The number of alkyl halides is 3. The van der Waals surface area contributed by atoms with Crippen molar-refractivity contribution in [3.05, 3.63) is 23.9 Å². The molecule has 0 bridgehead atoms. The largest absolute Gasteiger partial charge is 0.416 e. The Hall–Kier alpha value is -0.950. The van der Waals surface area contributed by atoms with Crippen LogP contribution in [0.4, 0.5) is 19.0 Å². The molecule has 0 radical (unpaired) electrons. The van der Waals surface area contributed by atoms with Gasteiger partial charge in [-0.1, -0.05) is 0 Å². The Morgan fingerprint density at radius 1 is 1.44 bits per heavy atom. The number of aliphatic hydroxyl groups is 1. The molecular formula is C11H15F3N2OS. The molecule has 0 saturated carbocycles. The molecule has 0 spiro atoms. The van der Waals surface area contributed by atoms with E-state index in [4.69, 9.17) is 0 Å². The number of nitrogens with one attached hydrogen (secondary N) is 1. The average molecular weight is 280 g/mol. The lowest BCUT2D eigenvalue weighted by molar-refractivity contribution is -0.137. The van der Waals surface area contributed by atoms with Crippen LogP contribution in [-0.4, -0.2) is 34.2 Å². The fourth-order valence-electron chi connectivity index (χ4n) is 1.35. The molecule has 0 saturated heterocycles. The number of hydrogen-bond acceptors (Lipinski definition) is 4. The predicted octanol–water partition coefficient (Wildman–Crippen LogP) is 2.63. The lowest BCUT2D eigenvalue weighted by Crippen LogP contribution is -2.36. The summed E-state index contributed by atoms with van der Waals surface area (Å²) >= 11 is 1.46. The van der Waals surface area contributed by atoms with Gasteiger partial charge in [0.2, 0.25) is 0 Å². The minimum Gasteiger partial charge on any atom is -0.387 e. The van der Waals surface area contributed by atoms with Crippen molar-refractivity contribution >= 4 is 17.6 Å². The zero-order chi connectivity index (χ0) is 13.8. The second-order valence-corrected chi connectivity index (χ2v) is 5.08. The molecule has 1 rings (SSSR count). The zero-order valence-electron chi connectivity index (χ0n) is 10.1. The Morgan fingerprint density at radius 3 is 2.67 bits per heavy atom. The van der Waals surface area contributed by atoms with E-state index < -0.39 is 17.3 Å². The van der Waals surface area contributed by atoms with Gasteiger partial charge in [0.1, 0.15) is 5.82 Å². The highest BCUT2D eigenvalue weighted by molar-refractivity contribution is 7.98. The first kappa shape index (κ1) is 15.1. The fourth-order valence-corrected chi connectivity index (χ4v) is 2.07. The van der Waals surface area contributed by atoms with Gasteiger partial charge >= 0.3 is 6.18 Å². The minimum absolute atomic E-state index is 0.103. The first-order chi connectivity index (χ1) is 8.24. The van der Waals surface area contributed by atoms with Gasteiger partial charge in [-0.15, -0.1) is 0 Å². The number of nitrogens with zero attached hydrogens (tertiary/aromatic N) is 1. The van der Waals surface area contributed by atoms with Crippen molar-refractivity contribution in [2.45, 2.75) is 18.7 Å². The maximum Gasteiger partial charge on any atom is 0.416 e. The summed E-state index contributed by atoms with van der Waals surface area (Å²) in [5.41, 5.74) is -1.75. The Labute approximate surface area is 108 Å². The van der Waals surface area contributed by atoms with E-state index in [0.29, 0.717) is 5.75 Å². The van der Waals surface area contributed by atoms with Crippen LogP contribution in [0.15, 0.2) is 18.3 Å². The molecule has 18 heavy (non-hydrogen) atoms. The van der Waals surface area contributed by atoms with Crippen LogP contribution in [-0.2, 0) is 6.18 Å². The van der Waals surface area contributed by atoms with Crippen LogP contribution in [0.5, 0.6) is 0 Å². The maximum absolute atomic E-state index is 12.5. The van der Waals surface area contributed by atoms with Gasteiger partial charge < -0.3 is 10.4 Å². The molecule has 1 heterocycles. The molecular weight excluding hydrogens is 265 g/mol. The third-order valence-electron chi connectivity index (χ3n) is 2.19. The topological polar surface area (TPSA) is 45.1 Å². The summed E-state index contributed by atoms with van der Waals surface area (Å²) in [5.74, 6) is 0.588. The molecule has 0 fully saturated rings. The standard InChI is InChI=1S/C11H15F3N2OS/c1-10(17,7-18-2)6-16-9-5-8(3-4-15-9)11(12,13)14/h3-5,17H,6-7H2,1-2H3,(H,15,16). The van der Waals surface area contributed by atoms with E-state index in [-0.39, 0.29) is 12.4 Å². The normalized spacial score (nSPS) is 15.2. The van der Waals surface area contributed by atoms with E-state index in [1.165, 1.54) is 11.8 Å². The van der Waals surface area contributed by atoms with Crippen molar-refractivity contribution in [2.24, 2.45) is 0 Å². The minimum atomic E-state index is -4.39. The van der Waals surface area contributed by atoms with Crippen LogP contribution in [0.2, 0.25) is 0 Å². The molecule has 1 unspecified atom stereocenters. The molecule has 1 aromatic heterocycles. The average Bonchev–Trinajstić information content (AvgIpc) is 2.26. The molecule has 1 atom stereocenters. The van der Waals surface area contributed by atoms with Gasteiger partial charge in [-0.2, -0.15) is 24.9 Å². The number of halogens is 3. The van der Waals surface area contributed by atoms with E-state index in [1.54, 1.807) is 6.92 Å². The highest BCUT2D eigenvalue weighted by atomic mass is 32.2. The van der Waals surface area contributed by atoms with E-state index >= 15 is 0 Å². The molecule has 7 heteroatoms. The summed E-state index contributed by atoms with van der Waals surface area (Å²) in [6.45, 7) is 1.76. The van der Waals surface area contributed by atoms with Gasteiger partial charge in [0.05, 0.1) is 11.2 Å². The molecule has 2 N–H and O–H groups in total. The summed E-state index contributed by atoms with van der Waals surface area (Å²) in [6, 6.07) is 1.83. The number of pyridine rings is 1. The molecule has 102 valence electrons. The quantitative estimate of drug-likeness (QED) is 0.870. The second-order valence-electron chi connectivity index (χ2n) is 4.21. The van der Waals surface area contributed by atoms with Crippen molar-refractivity contribution in [1.82, 2.24) is 4.98 Å². The maximum atomic E-state index is 12.5.